The van der Waals surface area contributed by atoms with Crippen LogP contribution in [0.2, 0.25) is 0 Å². The largest absolute Gasteiger partial charge is 0.480 e. The maximum absolute atomic E-state index is 11.5. The van der Waals surface area contributed by atoms with Gasteiger partial charge in [-0.25, -0.2) is 0 Å². The molecule has 0 saturated carbocycles. The number of nitriles is 1. The van der Waals surface area contributed by atoms with Crippen molar-refractivity contribution in [1.29, 1.82) is 5.26 Å². The molecule has 0 spiro atoms. The number of likely N-dealkylation sites (N-methyl/N-ethyl adjacent to an activating group) is 2. The van der Waals surface area contributed by atoms with E-state index in [1.807, 2.05) is 137 Å². The van der Waals surface area contributed by atoms with Crippen LogP contribution in [0.25, 0.3) is 0 Å². The van der Waals surface area contributed by atoms with Crippen molar-refractivity contribution in [1.82, 2.24) is 45.1 Å². The molecule has 26 nitrogen and oxygen atoms in total. The number of ketones is 1. The van der Waals surface area contributed by atoms with Gasteiger partial charge in [0.25, 0.3) is 0 Å². The van der Waals surface area contributed by atoms with Crippen LogP contribution in [-0.2, 0) is 9.59 Å². The lowest BCUT2D eigenvalue weighted by molar-refractivity contribution is -0.275. The molecule has 6 saturated heterocycles. The predicted molar refractivity (Wildman–Crippen MR) is 365 cm³/mol. The fraction of sp³-hybridized carbons (Fsp3) is 0.956. The molecule has 6 rings (SSSR count). The molecule has 0 atom stereocenters. The lowest BCUT2D eigenvalue weighted by atomic mass is 9.71. The third-order valence-corrected chi connectivity index (χ3v) is 20.1. The van der Waals surface area contributed by atoms with Crippen molar-refractivity contribution >= 4 is 11.8 Å². The van der Waals surface area contributed by atoms with Crippen molar-refractivity contribution in [2.75, 3.05) is 67.1 Å². The first-order chi connectivity index (χ1) is 41.6. The fourth-order valence-electron chi connectivity index (χ4n) is 17.5. The lowest BCUT2D eigenvalue weighted by Gasteiger charge is -2.55. The van der Waals surface area contributed by atoms with Gasteiger partial charge in [-0.05, 0) is 258 Å². The molecule has 6 aliphatic rings. The Balaban J connectivity index is 0.000000565. The molecule has 0 bridgehead atoms. The van der Waals surface area contributed by atoms with Crippen molar-refractivity contribution in [2.24, 2.45) is 11.5 Å². The van der Waals surface area contributed by atoms with Gasteiger partial charge in [0, 0.05) is 118 Å². The molecule has 0 amide bonds. The number of nitrogens with zero attached hydrogens (tertiary/aromatic N) is 10. The molecule has 0 aromatic rings. The Hall–Kier alpha value is -2.25. The number of carbonyl (C=O) groups is 2. The summed E-state index contributed by atoms with van der Waals surface area (Å²) in [6.45, 7) is 50.5. The molecule has 0 aromatic carbocycles. The normalized spacial score (nSPS) is 27.6. The SMILES string of the molecule is CC(=O)C1(O)CC(C)(C)N(O)C(C)(C)C1.CC1(C)CC(N(CCO)CCO)CC(C)(C)N1O.CC1(C)CC(N)(C#N)CC(C)(C)N1O.CC1(C)CC(N)(C(=O)O)CC(C)(C)N1O.CN(C)CC1(O)CC(C)(C)N(O)C(C)(C)C1.CN(CCO)C1CC(C)(C)N(O)C(C)(C)C1. The van der Waals surface area contributed by atoms with E-state index in [0.717, 1.165) is 25.7 Å². The number of piperidine rings is 6. The van der Waals surface area contributed by atoms with Crippen molar-refractivity contribution in [3.63, 3.8) is 0 Å². The average molecular weight is 1350 g/mol. The first-order valence-corrected chi connectivity index (χ1v) is 33.6. The van der Waals surface area contributed by atoms with Gasteiger partial charge in [-0.2, -0.15) is 35.6 Å². The van der Waals surface area contributed by atoms with Gasteiger partial charge < -0.3 is 83.1 Å². The van der Waals surface area contributed by atoms with E-state index < -0.39 is 72.6 Å². The van der Waals surface area contributed by atoms with Gasteiger partial charge in [-0.1, -0.05) is 0 Å². The van der Waals surface area contributed by atoms with Gasteiger partial charge in [0.2, 0.25) is 0 Å². The molecule has 94 heavy (non-hydrogen) atoms. The summed E-state index contributed by atoms with van der Waals surface area (Å²) < 4.78 is 0. The van der Waals surface area contributed by atoms with Crippen molar-refractivity contribution in [2.45, 2.75) is 351 Å². The number of nitrogens with two attached hydrogens (primary N) is 2. The van der Waals surface area contributed by atoms with Crippen LogP contribution < -0.4 is 11.5 Å². The van der Waals surface area contributed by atoms with E-state index in [9.17, 15) is 51.0 Å². The zero-order chi connectivity index (χ0) is 74.6. The zero-order valence-corrected chi connectivity index (χ0v) is 63.9. The molecule has 0 aliphatic carbocycles. The fourth-order valence-corrected chi connectivity index (χ4v) is 17.5. The molecular formula is C68H140N12O14. The Kier molecular flexibility index (Phi) is 29.9. The monoisotopic (exact) mass is 1350 g/mol. The average Bonchev–Trinajstić information content (AvgIpc) is 0.827. The number of aliphatic hydroxyl groups excluding tert-OH is 3. The number of hydroxylamine groups is 12. The number of carboxylic acid groups (broad SMARTS) is 1. The lowest BCUT2D eigenvalue weighted by Crippen LogP contribution is -2.69. The highest BCUT2D eigenvalue weighted by atomic mass is 16.5. The van der Waals surface area contributed by atoms with E-state index in [1.54, 1.807) is 27.7 Å². The van der Waals surface area contributed by atoms with Crippen LogP contribution in [0.1, 0.15) is 250 Å². The van der Waals surface area contributed by atoms with Crippen LogP contribution in [0.5, 0.6) is 0 Å². The van der Waals surface area contributed by atoms with Gasteiger partial charge in [0.05, 0.1) is 31.5 Å². The van der Waals surface area contributed by atoms with Crippen molar-refractivity contribution < 1.29 is 71.5 Å². The molecule has 6 fully saturated rings. The van der Waals surface area contributed by atoms with Gasteiger partial charge in [-0.3, -0.25) is 14.5 Å². The Morgan fingerprint density at radius 2 is 0.691 bits per heavy atom. The van der Waals surface area contributed by atoms with Crippen LogP contribution >= 0.6 is 0 Å². The van der Waals surface area contributed by atoms with E-state index in [0.29, 0.717) is 57.9 Å². The highest BCUT2D eigenvalue weighted by Gasteiger charge is 2.57. The first-order valence-electron chi connectivity index (χ1n) is 33.6. The summed E-state index contributed by atoms with van der Waals surface area (Å²) in [4.78, 5) is 28.9. The summed E-state index contributed by atoms with van der Waals surface area (Å²) >= 11 is 0. The highest BCUT2D eigenvalue weighted by Crippen LogP contribution is 2.46. The van der Waals surface area contributed by atoms with E-state index in [4.69, 9.17) is 37.2 Å². The number of aliphatic hydroxyl groups is 5. The third kappa shape index (κ3) is 23.1. The van der Waals surface area contributed by atoms with Crippen LogP contribution in [0.3, 0.4) is 0 Å². The number of hydrogen-bond donors (Lipinski definition) is 14. The molecular weight excluding hydrogens is 1210 g/mol. The highest BCUT2D eigenvalue weighted by molar-refractivity contribution is 5.85. The van der Waals surface area contributed by atoms with Crippen LogP contribution in [0.15, 0.2) is 0 Å². The Bertz CT molecular complexity index is 2310. The summed E-state index contributed by atoms with van der Waals surface area (Å²) in [6, 6.07) is 2.84. The second kappa shape index (κ2) is 31.3. The molecule has 6 aliphatic heterocycles. The minimum absolute atomic E-state index is 0.0974. The third-order valence-electron chi connectivity index (χ3n) is 20.1. The molecule has 0 aromatic heterocycles. The summed E-state index contributed by atoms with van der Waals surface area (Å²) in [7, 11) is 5.96. The van der Waals surface area contributed by atoms with Crippen molar-refractivity contribution in [3.05, 3.63) is 0 Å². The summed E-state index contributed by atoms with van der Waals surface area (Å²) in [5, 5.41) is 135. The van der Waals surface area contributed by atoms with Crippen LogP contribution in [0.4, 0.5) is 0 Å². The second-order valence-electron chi connectivity index (χ2n) is 36.6. The Labute approximate surface area is 567 Å². The smallest absolute Gasteiger partial charge is 0.323 e. The number of hydrogen-bond acceptors (Lipinski definition) is 25. The standard InChI is InChI=1S/C13H28N2O3.2C12H26N2O2.C11H21NO3.C10H19N3O.C10H20N2O3/c1-12(2)9-11(10-13(3,4)15(12)18)14(5-7-16)6-8-17;1-10(2)7-12(15,9-13(5)6)8-11(3,4)14(10)16;1-11(2)8-10(13(5)6-7-15)9-12(3,4)14(11)16;1-8(13)11(14)6-9(2,3)12(15)10(4,5)7-11;1-8(2)5-10(12,7-11)6-9(3,4)13(8)14;1-8(2)5-10(11,7(13)14)6-9(3,4)12(8)15/h11,16-18H,5-10H2,1-4H3;15-16H,7-9H2,1-6H3;10,15-16H,6-9H2,1-5H3;14-15H,6-7H2,1-5H3;14H,5-6,12H2,1-4H3;15H,5-6,11H2,1-4H3,(H,13,14). The maximum Gasteiger partial charge on any atom is 0.323 e. The molecule has 26 heteroatoms. The zero-order valence-electron chi connectivity index (χ0n) is 63.9. The second-order valence-corrected chi connectivity index (χ2v) is 36.6. The molecule has 16 N–H and O–H groups in total. The molecule has 0 radical (unpaired) electrons. The minimum Gasteiger partial charge on any atom is -0.480 e. The van der Waals surface area contributed by atoms with E-state index in [2.05, 4.69) is 43.6 Å². The van der Waals surface area contributed by atoms with E-state index >= 15 is 0 Å². The topological polar surface area (TPSA) is 382 Å². The first kappa shape index (κ1) is 89.8. The number of rotatable bonds is 12. The summed E-state index contributed by atoms with van der Waals surface area (Å²) in [5.74, 6) is -1.23. The molecule has 0 unspecified atom stereocenters. The Morgan fingerprint density at radius 1 is 0.436 bits per heavy atom. The quantitative estimate of drug-likeness (QED) is 0.0962. The predicted octanol–water partition coefficient (Wildman–Crippen LogP) is 6.74. The summed E-state index contributed by atoms with van der Waals surface area (Å²) in [6.07, 6.45) is 6.60. The molecule has 556 valence electrons. The van der Waals surface area contributed by atoms with Gasteiger partial charge >= 0.3 is 5.97 Å². The van der Waals surface area contributed by atoms with Crippen LogP contribution in [0, 0.1) is 11.3 Å². The molecule has 6 heterocycles. The van der Waals surface area contributed by atoms with Crippen molar-refractivity contribution in [3.8, 4) is 6.07 Å². The number of carboxylic acids is 1. The van der Waals surface area contributed by atoms with Gasteiger partial charge in [0.1, 0.15) is 16.7 Å². The van der Waals surface area contributed by atoms with Gasteiger partial charge in [0.15, 0.2) is 5.78 Å². The number of Topliss-reactive ketones (excluding diaryl/α,β-unsaturated/α-hetero) is 1. The Morgan fingerprint density at radius 3 is 0.947 bits per heavy atom. The van der Waals surface area contributed by atoms with Gasteiger partial charge in [-0.15, -0.1) is 0 Å². The minimum atomic E-state index is -1.31. The number of carbonyl (C=O) groups excluding carboxylic acids is 1. The number of aliphatic carboxylic acids is 1. The van der Waals surface area contributed by atoms with E-state index in [1.165, 1.54) is 37.3 Å². The van der Waals surface area contributed by atoms with E-state index in [-0.39, 0.29) is 79.5 Å². The summed E-state index contributed by atoms with van der Waals surface area (Å²) in [5.41, 5.74) is 2.56. The maximum atomic E-state index is 11.5. The van der Waals surface area contributed by atoms with Crippen LogP contribution in [-0.4, -0.2) is 287 Å².